The Morgan fingerprint density at radius 1 is 1.37 bits per heavy atom. The van der Waals surface area contributed by atoms with E-state index in [1.807, 2.05) is 18.2 Å². The average molecular weight is 262 g/mol. The Morgan fingerprint density at radius 2 is 2.11 bits per heavy atom. The van der Waals surface area contributed by atoms with Crippen molar-refractivity contribution < 1.29 is 14.3 Å². The molecule has 2 aromatic rings. The van der Waals surface area contributed by atoms with E-state index in [9.17, 15) is 9.59 Å². The van der Waals surface area contributed by atoms with Crippen LogP contribution in [0.5, 0.6) is 0 Å². The number of esters is 1. The van der Waals surface area contributed by atoms with Gasteiger partial charge in [0.2, 0.25) is 0 Å². The van der Waals surface area contributed by atoms with E-state index in [4.69, 9.17) is 9.47 Å². The van der Waals surface area contributed by atoms with Crippen molar-refractivity contribution in [3.05, 3.63) is 34.2 Å². The minimum Gasteiger partial charge on any atom is -0.468 e. The molecular formula is C13H14N2O4. The lowest BCUT2D eigenvalue weighted by atomic mass is 9.80. The summed E-state index contributed by atoms with van der Waals surface area (Å²) in [5.74, 6) is -0.249. The van der Waals surface area contributed by atoms with Crippen molar-refractivity contribution in [3.8, 4) is 0 Å². The third-order valence-electron chi connectivity index (χ3n) is 3.50. The van der Waals surface area contributed by atoms with E-state index in [1.54, 1.807) is 0 Å². The summed E-state index contributed by atoms with van der Waals surface area (Å²) in [6.07, 6.45) is 0.544. The molecule has 0 bridgehead atoms. The fourth-order valence-corrected chi connectivity index (χ4v) is 2.44. The summed E-state index contributed by atoms with van der Waals surface area (Å²) in [5, 5.41) is 0. The number of rotatable bonds is 3. The van der Waals surface area contributed by atoms with Gasteiger partial charge in [-0.1, -0.05) is 6.07 Å². The Bertz CT molecular complexity index is 681. The van der Waals surface area contributed by atoms with Crippen LogP contribution in [0.4, 0.5) is 0 Å². The molecule has 6 heteroatoms. The molecule has 0 radical (unpaired) electrons. The van der Waals surface area contributed by atoms with E-state index < -0.39 is 5.41 Å². The number of aromatic nitrogens is 2. The van der Waals surface area contributed by atoms with Crippen LogP contribution in [-0.2, 0) is 20.7 Å². The largest absolute Gasteiger partial charge is 0.468 e. The highest BCUT2D eigenvalue weighted by Crippen LogP contribution is 2.33. The zero-order valence-corrected chi connectivity index (χ0v) is 10.5. The third-order valence-corrected chi connectivity index (χ3v) is 3.50. The summed E-state index contributed by atoms with van der Waals surface area (Å²) < 4.78 is 10.00. The number of methoxy groups -OCH3 is 1. The lowest BCUT2D eigenvalue weighted by Gasteiger charge is -2.38. The molecular weight excluding hydrogens is 248 g/mol. The zero-order valence-electron chi connectivity index (χ0n) is 10.5. The minimum atomic E-state index is -0.584. The monoisotopic (exact) mass is 262 g/mol. The van der Waals surface area contributed by atoms with E-state index in [1.165, 1.54) is 7.11 Å². The minimum absolute atomic E-state index is 0.234. The number of carbonyl (C=O) groups is 1. The van der Waals surface area contributed by atoms with Gasteiger partial charge in [0.15, 0.2) is 0 Å². The van der Waals surface area contributed by atoms with E-state index in [2.05, 4.69) is 9.97 Å². The van der Waals surface area contributed by atoms with E-state index >= 15 is 0 Å². The molecule has 0 saturated carbocycles. The van der Waals surface area contributed by atoms with Gasteiger partial charge in [-0.15, -0.1) is 0 Å². The van der Waals surface area contributed by atoms with Crippen molar-refractivity contribution in [2.45, 2.75) is 6.42 Å². The summed E-state index contributed by atoms with van der Waals surface area (Å²) in [4.78, 5) is 28.4. The van der Waals surface area contributed by atoms with Crippen LogP contribution in [0.25, 0.3) is 11.0 Å². The molecule has 0 unspecified atom stereocenters. The van der Waals surface area contributed by atoms with Crippen LogP contribution in [0.1, 0.15) is 5.56 Å². The Morgan fingerprint density at radius 3 is 2.74 bits per heavy atom. The van der Waals surface area contributed by atoms with Crippen molar-refractivity contribution in [2.24, 2.45) is 5.41 Å². The maximum absolute atomic E-state index is 11.8. The summed E-state index contributed by atoms with van der Waals surface area (Å²) in [6, 6.07) is 5.60. The first-order chi connectivity index (χ1) is 9.13. The Labute approximate surface area is 108 Å². The summed E-state index contributed by atoms with van der Waals surface area (Å²) in [5.41, 5.74) is 1.64. The van der Waals surface area contributed by atoms with Crippen LogP contribution >= 0.6 is 0 Å². The molecule has 0 atom stereocenters. The van der Waals surface area contributed by atoms with Gasteiger partial charge in [-0.05, 0) is 24.1 Å². The van der Waals surface area contributed by atoms with Gasteiger partial charge in [0, 0.05) is 0 Å². The molecule has 1 aliphatic heterocycles. The van der Waals surface area contributed by atoms with E-state index in [-0.39, 0.29) is 11.7 Å². The smallest absolute Gasteiger partial charge is 0.323 e. The molecule has 19 heavy (non-hydrogen) atoms. The van der Waals surface area contributed by atoms with Gasteiger partial charge in [-0.25, -0.2) is 4.79 Å². The number of hydrogen-bond donors (Lipinski definition) is 2. The molecule has 0 aliphatic carbocycles. The highest BCUT2D eigenvalue weighted by Gasteiger charge is 2.47. The molecule has 6 nitrogen and oxygen atoms in total. The number of imidazole rings is 1. The van der Waals surface area contributed by atoms with Crippen molar-refractivity contribution >= 4 is 17.0 Å². The van der Waals surface area contributed by atoms with Crippen molar-refractivity contribution in [1.82, 2.24) is 9.97 Å². The number of hydrogen-bond acceptors (Lipinski definition) is 4. The fourth-order valence-electron chi connectivity index (χ4n) is 2.44. The first-order valence-electron chi connectivity index (χ1n) is 6.00. The molecule has 1 fully saturated rings. The predicted octanol–water partition coefficient (Wildman–Crippen LogP) is 0.588. The van der Waals surface area contributed by atoms with Crippen molar-refractivity contribution in [1.29, 1.82) is 0 Å². The maximum atomic E-state index is 11.8. The van der Waals surface area contributed by atoms with Crippen LogP contribution in [0, 0.1) is 5.41 Å². The van der Waals surface area contributed by atoms with Crippen LogP contribution in [0.2, 0.25) is 0 Å². The molecule has 100 valence electrons. The number of benzene rings is 1. The number of ether oxygens (including phenoxy) is 2. The first-order valence-corrected chi connectivity index (χ1v) is 6.00. The van der Waals surface area contributed by atoms with Crippen LogP contribution in [0.15, 0.2) is 23.0 Å². The normalized spacial score (nSPS) is 17.1. The molecule has 3 rings (SSSR count). The lowest BCUT2D eigenvalue weighted by Crippen LogP contribution is -2.51. The number of H-pyrrole nitrogens is 2. The average Bonchev–Trinajstić information content (AvgIpc) is 2.72. The molecule has 0 amide bonds. The summed E-state index contributed by atoms with van der Waals surface area (Å²) >= 11 is 0. The number of fused-ring (bicyclic) bond motifs is 1. The fraction of sp³-hybridized carbons (Fsp3) is 0.385. The Balaban J connectivity index is 1.92. The first kappa shape index (κ1) is 12.0. The van der Waals surface area contributed by atoms with E-state index in [0.717, 1.165) is 16.6 Å². The van der Waals surface area contributed by atoms with Gasteiger partial charge in [0.25, 0.3) is 0 Å². The topological polar surface area (TPSA) is 84.2 Å². The highest BCUT2D eigenvalue weighted by molar-refractivity contribution is 5.79. The lowest BCUT2D eigenvalue weighted by molar-refractivity contribution is -0.182. The molecule has 1 saturated heterocycles. The van der Waals surface area contributed by atoms with Gasteiger partial charge >= 0.3 is 11.7 Å². The Hall–Kier alpha value is -2.08. The van der Waals surface area contributed by atoms with Gasteiger partial charge in [0.1, 0.15) is 5.41 Å². The molecule has 2 heterocycles. The Kier molecular flexibility index (Phi) is 2.67. The van der Waals surface area contributed by atoms with Gasteiger partial charge in [-0.2, -0.15) is 0 Å². The number of nitrogens with one attached hydrogen (secondary N) is 2. The van der Waals surface area contributed by atoms with Crippen LogP contribution in [0.3, 0.4) is 0 Å². The number of carbonyl (C=O) groups excluding carboxylic acids is 1. The van der Waals surface area contributed by atoms with Crippen molar-refractivity contribution in [3.63, 3.8) is 0 Å². The molecule has 1 aromatic carbocycles. The third kappa shape index (κ3) is 1.94. The second-order valence-electron chi connectivity index (χ2n) is 4.90. The van der Waals surface area contributed by atoms with Gasteiger partial charge < -0.3 is 19.4 Å². The second-order valence-corrected chi connectivity index (χ2v) is 4.90. The number of aromatic amines is 2. The molecule has 1 aliphatic rings. The van der Waals surface area contributed by atoms with Gasteiger partial charge in [-0.3, -0.25) is 4.79 Å². The zero-order chi connectivity index (χ0) is 13.5. The van der Waals surface area contributed by atoms with Crippen LogP contribution in [-0.4, -0.2) is 36.3 Å². The van der Waals surface area contributed by atoms with Crippen molar-refractivity contribution in [2.75, 3.05) is 20.3 Å². The quantitative estimate of drug-likeness (QED) is 0.793. The van der Waals surface area contributed by atoms with Crippen LogP contribution < -0.4 is 5.69 Å². The summed E-state index contributed by atoms with van der Waals surface area (Å²) in [7, 11) is 1.38. The standard InChI is InChI=1S/C13H14N2O4/c1-18-11(16)13(6-19-7-13)5-8-2-3-9-10(4-8)15-12(17)14-9/h2-4H,5-7H2,1H3,(H2,14,15,17). The van der Waals surface area contributed by atoms with E-state index in [0.29, 0.717) is 19.6 Å². The molecule has 0 spiro atoms. The molecule has 1 aromatic heterocycles. The molecule has 2 N–H and O–H groups in total. The van der Waals surface area contributed by atoms with Gasteiger partial charge in [0.05, 0.1) is 31.4 Å². The SMILES string of the molecule is COC(=O)C1(Cc2ccc3[nH]c(=O)[nH]c3c2)COC1. The predicted molar refractivity (Wildman–Crippen MR) is 67.9 cm³/mol. The summed E-state index contributed by atoms with van der Waals surface area (Å²) in [6.45, 7) is 0.753. The highest BCUT2D eigenvalue weighted by atomic mass is 16.5. The maximum Gasteiger partial charge on any atom is 0.323 e. The second kappa shape index (κ2) is 4.24.